The Balaban J connectivity index is 0.00000288. The summed E-state index contributed by atoms with van der Waals surface area (Å²) >= 11 is 0. The number of rotatable bonds is 5. The summed E-state index contributed by atoms with van der Waals surface area (Å²) in [5.74, 6) is -1.14. The zero-order valence-electron chi connectivity index (χ0n) is 13.1. The Morgan fingerprint density at radius 2 is 1.83 bits per heavy atom. The number of nitrogens with one attached hydrogen (secondary N) is 1. The zero-order valence-corrected chi connectivity index (χ0v) is 15.6. The van der Waals surface area contributed by atoms with Gasteiger partial charge in [-0.3, -0.25) is 4.72 Å². The van der Waals surface area contributed by atoms with Crippen LogP contribution in [0.5, 0.6) is 0 Å². The molecule has 11 heteroatoms. The van der Waals surface area contributed by atoms with Crippen LogP contribution < -0.4 is 10.5 Å². The first-order chi connectivity index (χ1) is 10.7. The molecule has 0 radical (unpaired) electrons. The van der Waals surface area contributed by atoms with E-state index in [2.05, 4.69) is 4.72 Å². The average molecular weight is 402 g/mol. The molecular weight excluding hydrogens is 381 g/mol. The first-order valence-electron chi connectivity index (χ1n) is 7.21. The molecule has 3 N–H and O–H groups in total. The molecule has 0 saturated carbocycles. The first kappa shape index (κ1) is 21.1. The van der Waals surface area contributed by atoms with Crippen molar-refractivity contribution in [3.8, 4) is 0 Å². The van der Waals surface area contributed by atoms with E-state index in [-0.39, 0.29) is 47.9 Å². The van der Waals surface area contributed by atoms with Crippen LogP contribution in [0.15, 0.2) is 23.1 Å². The van der Waals surface area contributed by atoms with Crippen molar-refractivity contribution in [2.75, 3.05) is 23.6 Å². The number of halogens is 2. The molecular formula is C13H21ClFN3O4S2. The smallest absolute Gasteiger partial charge is 0.243 e. The largest absolute Gasteiger partial charge is 0.328 e. The molecule has 138 valence electrons. The Kier molecular flexibility index (Phi) is 7.00. The highest BCUT2D eigenvalue weighted by atomic mass is 35.5. The molecule has 1 fully saturated rings. The molecule has 0 amide bonds. The quantitative estimate of drug-likeness (QED) is 0.768. The molecule has 1 aromatic carbocycles. The van der Waals surface area contributed by atoms with Crippen LogP contribution in [0.4, 0.5) is 10.1 Å². The minimum Gasteiger partial charge on any atom is -0.328 e. The fourth-order valence-electron chi connectivity index (χ4n) is 2.24. The maximum atomic E-state index is 14.0. The van der Waals surface area contributed by atoms with Crippen LogP contribution in [0, 0.1) is 5.82 Å². The van der Waals surface area contributed by atoms with Crippen LogP contribution in [0.1, 0.15) is 19.8 Å². The third-order valence-electron chi connectivity index (χ3n) is 3.72. The van der Waals surface area contributed by atoms with Gasteiger partial charge in [0.05, 0.1) is 16.3 Å². The van der Waals surface area contributed by atoms with Gasteiger partial charge in [-0.05, 0) is 38.0 Å². The van der Waals surface area contributed by atoms with Gasteiger partial charge in [-0.1, -0.05) is 0 Å². The Morgan fingerprint density at radius 3 is 2.33 bits per heavy atom. The summed E-state index contributed by atoms with van der Waals surface area (Å²) in [6.07, 6.45) is 1.10. The third kappa shape index (κ3) is 4.79. The molecule has 1 aliphatic heterocycles. The standard InChI is InChI=1S/C13H20FN3O4S2.ClH/c1-2-22(18,19)16-13-4-3-11(9-12(13)14)23(20,21)17-7-5-10(15)6-8-17;/h3-4,9-10,16H,2,5-8,15H2,1H3;1H. The Bertz CT molecular complexity index is 778. The maximum absolute atomic E-state index is 14.0. The van der Waals surface area contributed by atoms with Crippen molar-refractivity contribution >= 4 is 38.1 Å². The number of nitrogens with two attached hydrogens (primary N) is 1. The second kappa shape index (κ2) is 7.96. The predicted octanol–water partition coefficient (Wildman–Crippen LogP) is 1.12. The molecule has 0 aromatic heterocycles. The molecule has 2 rings (SSSR count). The predicted molar refractivity (Wildman–Crippen MR) is 92.7 cm³/mol. The molecule has 1 aliphatic rings. The van der Waals surface area contributed by atoms with E-state index in [9.17, 15) is 21.2 Å². The van der Waals surface area contributed by atoms with Gasteiger partial charge in [0.25, 0.3) is 0 Å². The van der Waals surface area contributed by atoms with Gasteiger partial charge >= 0.3 is 0 Å². The van der Waals surface area contributed by atoms with Crippen LogP contribution >= 0.6 is 12.4 Å². The number of sulfonamides is 2. The van der Waals surface area contributed by atoms with Crippen molar-refractivity contribution in [3.05, 3.63) is 24.0 Å². The minimum absolute atomic E-state index is 0. The Labute approximate surface area is 147 Å². The molecule has 1 saturated heterocycles. The van der Waals surface area contributed by atoms with Gasteiger partial charge in [0.2, 0.25) is 20.0 Å². The molecule has 0 atom stereocenters. The number of anilines is 1. The van der Waals surface area contributed by atoms with Crippen molar-refractivity contribution in [2.24, 2.45) is 5.73 Å². The highest BCUT2D eigenvalue weighted by Gasteiger charge is 2.29. The van der Waals surface area contributed by atoms with E-state index in [4.69, 9.17) is 5.73 Å². The number of nitrogens with zero attached hydrogens (tertiary/aromatic N) is 1. The highest BCUT2D eigenvalue weighted by molar-refractivity contribution is 7.92. The van der Waals surface area contributed by atoms with Gasteiger partial charge < -0.3 is 5.73 Å². The summed E-state index contributed by atoms with van der Waals surface area (Å²) in [5, 5.41) is 0. The average Bonchev–Trinajstić information content (AvgIpc) is 2.49. The van der Waals surface area contributed by atoms with Crippen molar-refractivity contribution in [3.63, 3.8) is 0 Å². The number of piperidine rings is 1. The fourth-order valence-corrected chi connectivity index (χ4v) is 4.37. The Hall–Kier alpha value is -0.940. The first-order valence-corrected chi connectivity index (χ1v) is 10.3. The summed E-state index contributed by atoms with van der Waals surface area (Å²) in [6.45, 7) is 1.99. The van der Waals surface area contributed by atoms with Gasteiger partial charge in [0, 0.05) is 19.1 Å². The van der Waals surface area contributed by atoms with E-state index in [1.807, 2.05) is 0 Å². The lowest BCUT2D eigenvalue weighted by Gasteiger charge is -2.29. The second-order valence-corrected chi connectivity index (χ2v) is 9.34. The summed E-state index contributed by atoms with van der Waals surface area (Å²) in [4.78, 5) is -0.204. The number of hydrogen-bond donors (Lipinski definition) is 2. The lowest BCUT2D eigenvalue weighted by atomic mass is 10.1. The summed E-state index contributed by atoms with van der Waals surface area (Å²) in [5.41, 5.74) is 5.48. The number of hydrogen-bond acceptors (Lipinski definition) is 5. The summed E-state index contributed by atoms with van der Waals surface area (Å²) in [7, 11) is -7.45. The molecule has 1 aromatic rings. The normalized spacial score (nSPS) is 17.3. The van der Waals surface area contributed by atoms with Crippen LogP contribution in [0.2, 0.25) is 0 Å². The molecule has 1 heterocycles. The van der Waals surface area contributed by atoms with Crippen LogP contribution in [0.25, 0.3) is 0 Å². The molecule has 0 aliphatic carbocycles. The van der Waals surface area contributed by atoms with E-state index in [0.29, 0.717) is 12.8 Å². The van der Waals surface area contributed by atoms with E-state index >= 15 is 0 Å². The van der Waals surface area contributed by atoms with Gasteiger partial charge in [-0.25, -0.2) is 21.2 Å². The second-order valence-electron chi connectivity index (χ2n) is 5.39. The maximum Gasteiger partial charge on any atom is 0.243 e. The van der Waals surface area contributed by atoms with Crippen molar-refractivity contribution in [1.29, 1.82) is 0 Å². The zero-order chi connectivity index (χ0) is 17.3. The van der Waals surface area contributed by atoms with Crippen LogP contribution in [0.3, 0.4) is 0 Å². The highest BCUT2D eigenvalue weighted by Crippen LogP contribution is 2.24. The number of benzene rings is 1. The van der Waals surface area contributed by atoms with Gasteiger partial charge in [-0.15, -0.1) is 12.4 Å². The topological polar surface area (TPSA) is 110 Å². The lowest BCUT2D eigenvalue weighted by Crippen LogP contribution is -2.42. The van der Waals surface area contributed by atoms with Crippen molar-refractivity contribution < 1.29 is 21.2 Å². The monoisotopic (exact) mass is 401 g/mol. The summed E-state index contributed by atoms with van der Waals surface area (Å²) in [6, 6.07) is 3.12. The van der Waals surface area contributed by atoms with Gasteiger partial charge in [0.1, 0.15) is 5.82 Å². The van der Waals surface area contributed by atoms with E-state index in [1.165, 1.54) is 17.3 Å². The molecule has 0 bridgehead atoms. The van der Waals surface area contributed by atoms with E-state index < -0.39 is 25.9 Å². The van der Waals surface area contributed by atoms with Crippen LogP contribution in [-0.2, 0) is 20.0 Å². The van der Waals surface area contributed by atoms with E-state index in [0.717, 1.165) is 12.1 Å². The molecule has 7 nitrogen and oxygen atoms in total. The Morgan fingerprint density at radius 1 is 1.25 bits per heavy atom. The molecule has 0 spiro atoms. The minimum atomic E-state index is -3.81. The summed E-state index contributed by atoms with van der Waals surface area (Å²) < 4.78 is 65.3. The van der Waals surface area contributed by atoms with Crippen LogP contribution in [-0.4, -0.2) is 46.0 Å². The SMILES string of the molecule is CCS(=O)(=O)Nc1ccc(S(=O)(=O)N2CCC(N)CC2)cc1F.Cl. The molecule has 24 heavy (non-hydrogen) atoms. The van der Waals surface area contributed by atoms with Crippen molar-refractivity contribution in [2.45, 2.75) is 30.7 Å². The lowest BCUT2D eigenvalue weighted by molar-refractivity contribution is 0.320. The fraction of sp³-hybridized carbons (Fsp3) is 0.538. The third-order valence-corrected chi connectivity index (χ3v) is 6.91. The van der Waals surface area contributed by atoms with Gasteiger partial charge in [-0.2, -0.15) is 4.31 Å². The van der Waals surface area contributed by atoms with E-state index in [1.54, 1.807) is 0 Å². The van der Waals surface area contributed by atoms with Crippen molar-refractivity contribution in [1.82, 2.24) is 4.31 Å². The van der Waals surface area contributed by atoms with Gasteiger partial charge in [0.15, 0.2) is 0 Å². The molecule has 0 unspecified atom stereocenters.